The minimum absolute atomic E-state index is 0.197. The fourth-order valence-corrected chi connectivity index (χ4v) is 2.32. The smallest absolute Gasteiger partial charge is 0.293 e. The molecule has 1 amide bonds. The van der Waals surface area contributed by atoms with Gasteiger partial charge in [-0.3, -0.25) is 9.78 Å². The molecule has 3 rings (SSSR count). The fraction of sp³-hybridized carbons (Fsp3) is 0.357. The molecule has 0 radical (unpaired) electrons. The summed E-state index contributed by atoms with van der Waals surface area (Å²) in [5.41, 5.74) is 1.65. The van der Waals surface area contributed by atoms with Crippen LogP contribution in [-0.2, 0) is 0 Å². The van der Waals surface area contributed by atoms with Crippen molar-refractivity contribution in [3.63, 3.8) is 0 Å². The lowest BCUT2D eigenvalue weighted by Crippen LogP contribution is -2.43. The summed E-state index contributed by atoms with van der Waals surface area (Å²) in [6, 6.07) is 1.91. The van der Waals surface area contributed by atoms with Crippen LogP contribution in [0.25, 0.3) is 0 Å². The number of pyridine rings is 1. The van der Waals surface area contributed by atoms with Crippen molar-refractivity contribution < 1.29 is 9.21 Å². The molecule has 0 spiro atoms. The summed E-state index contributed by atoms with van der Waals surface area (Å²) in [5.74, 6) is 0.344. The van der Waals surface area contributed by atoms with E-state index in [4.69, 9.17) is 4.42 Å². The molecule has 3 heterocycles. The Morgan fingerprint density at radius 1 is 1.38 bits per heavy atom. The zero-order valence-electron chi connectivity index (χ0n) is 11.8. The number of aryl methyl sites for hydroxylation is 1. The van der Waals surface area contributed by atoms with Gasteiger partial charge in [-0.25, -0.2) is 4.98 Å². The number of aromatic nitrogens is 2. The van der Waals surface area contributed by atoms with Crippen LogP contribution >= 0.6 is 0 Å². The summed E-state index contributed by atoms with van der Waals surface area (Å²) < 4.78 is 5.24. The van der Waals surface area contributed by atoms with E-state index < -0.39 is 0 Å². The molecule has 1 saturated heterocycles. The summed E-state index contributed by atoms with van der Waals surface area (Å²) in [4.78, 5) is 22.4. The van der Waals surface area contributed by atoms with E-state index in [1.807, 2.05) is 6.07 Å². The maximum absolute atomic E-state index is 12.2. The van der Waals surface area contributed by atoms with E-state index in [0.29, 0.717) is 11.6 Å². The monoisotopic (exact) mass is 287 g/mol. The molecule has 21 heavy (non-hydrogen) atoms. The molecule has 0 saturated carbocycles. The van der Waals surface area contributed by atoms with Gasteiger partial charge in [-0.15, -0.1) is 0 Å². The van der Waals surface area contributed by atoms with Crippen LogP contribution in [0.15, 0.2) is 29.1 Å². The molecule has 1 aliphatic heterocycles. The number of carbonyl (C=O) groups excluding carboxylic acids is 1. The van der Waals surface area contributed by atoms with Crippen LogP contribution in [0.1, 0.15) is 16.4 Å². The van der Waals surface area contributed by atoms with Gasteiger partial charge in [0.2, 0.25) is 5.76 Å². The molecule has 0 bridgehead atoms. The van der Waals surface area contributed by atoms with Crippen molar-refractivity contribution in [2.75, 3.05) is 36.4 Å². The number of piperazine rings is 1. The second-order valence-corrected chi connectivity index (χ2v) is 4.83. The molecular formula is C14H17N5O2. The van der Waals surface area contributed by atoms with Crippen molar-refractivity contribution in [1.82, 2.24) is 15.3 Å². The van der Waals surface area contributed by atoms with Crippen molar-refractivity contribution in [2.45, 2.75) is 6.92 Å². The van der Waals surface area contributed by atoms with E-state index in [1.54, 1.807) is 19.3 Å². The molecule has 2 aromatic rings. The minimum Gasteiger partial charge on any atom is -0.436 e. The molecule has 0 atom stereocenters. The Kier molecular flexibility index (Phi) is 3.83. The van der Waals surface area contributed by atoms with Crippen molar-refractivity contribution in [2.24, 2.45) is 0 Å². The van der Waals surface area contributed by atoms with Crippen LogP contribution in [0, 0.1) is 6.92 Å². The third-order valence-corrected chi connectivity index (χ3v) is 3.35. The number of hydrogen-bond acceptors (Lipinski definition) is 6. The van der Waals surface area contributed by atoms with Gasteiger partial charge in [0.05, 0.1) is 23.8 Å². The number of rotatable bonds is 3. The Morgan fingerprint density at radius 2 is 2.19 bits per heavy atom. The van der Waals surface area contributed by atoms with Gasteiger partial charge in [0.1, 0.15) is 0 Å². The summed E-state index contributed by atoms with van der Waals surface area (Å²) >= 11 is 0. The Balaban J connectivity index is 1.80. The van der Waals surface area contributed by atoms with Crippen LogP contribution in [0.3, 0.4) is 0 Å². The third kappa shape index (κ3) is 3.03. The zero-order valence-corrected chi connectivity index (χ0v) is 11.8. The van der Waals surface area contributed by atoms with Gasteiger partial charge in [-0.05, 0) is 6.07 Å². The Labute approximate surface area is 122 Å². The fourth-order valence-electron chi connectivity index (χ4n) is 2.32. The molecule has 2 N–H and O–H groups in total. The van der Waals surface area contributed by atoms with Crippen molar-refractivity contribution in [1.29, 1.82) is 0 Å². The van der Waals surface area contributed by atoms with Crippen LogP contribution in [-0.4, -0.2) is 42.1 Å². The first kappa shape index (κ1) is 13.6. The third-order valence-electron chi connectivity index (χ3n) is 3.35. The number of oxazole rings is 1. The Bertz CT molecular complexity index is 634. The largest absolute Gasteiger partial charge is 0.436 e. The molecule has 110 valence electrons. The van der Waals surface area contributed by atoms with Crippen molar-refractivity contribution in [3.8, 4) is 0 Å². The number of nitrogens with one attached hydrogen (secondary N) is 2. The maximum Gasteiger partial charge on any atom is 0.293 e. The van der Waals surface area contributed by atoms with Gasteiger partial charge in [-0.1, -0.05) is 0 Å². The second-order valence-electron chi connectivity index (χ2n) is 4.83. The predicted octanol–water partition coefficient (Wildman–Crippen LogP) is 1.04. The topological polar surface area (TPSA) is 83.3 Å². The van der Waals surface area contributed by atoms with Crippen LogP contribution in [0.2, 0.25) is 0 Å². The molecule has 1 aliphatic rings. The quantitative estimate of drug-likeness (QED) is 0.877. The molecule has 7 heteroatoms. The van der Waals surface area contributed by atoms with Crippen molar-refractivity contribution in [3.05, 3.63) is 36.3 Å². The predicted molar refractivity (Wildman–Crippen MR) is 78.5 cm³/mol. The van der Waals surface area contributed by atoms with Crippen LogP contribution in [0.4, 0.5) is 11.4 Å². The molecular weight excluding hydrogens is 270 g/mol. The normalized spacial score (nSPS) is 15.0. The van der Waals surface area contributed by atoms with Gasteiger partial charge in [0, 0.05) is 39.3 Å². The number of hydrogen-bond donors (Lipinski definition) is 2. The standard InChI is InChI=1S/C14H17N5O2/c1-10-17-9-13(21-10)14(20)18-11-8-16-3-2-12(11)19-6-4-15-5-7-19/h2-3,8-9,15H,4-7H2,1H3,(H,18,20). The van der Waals surface area contributed by atoms with E-state index in [-0.39, 0.29) is 11.7 Å². The summed E-state index contributed by atoms with van der Waals surface area (Å²) in [6.45, 7) is 5.35. The second kappa shape index (κ2) is 5.92. The highest BCUT2D eigenvalue weighted by Gasteiger charge is 2.17. The number of amides is 1. The Hall–Kier alpha value is -2.41. The van der Waals surface area contributed by atoms with Gasteiger partial charge >= 0.3 is 0 Å². The highest BCUT2D eigenvalue weighted by molar-refractivity contribution is 6.03. The van der Waals surface area contributed by atoms with Gasteiger partial charge in [0.15, 0.2) is 5.89 Å². The SMILES string of the molecule is Cc1ncc(C(=O)Nc2cnccc2N2CCNCC2)o1. The Morgan fingerprint density at radius 3 is 2.90 bits per heavy atom. The molecule has 0 aromatic carbocycles. The van der Waals surface area contributed by atoms with Crippen LogP contribution < -0.4 is 15.5 Å². The lowest BCUT2D eigenvalue weighted by Gasteiger charge is -2.30. The summed E-state index contributed by atoms with van der Waals surface area (Å²) in [7, 11) is 0. The van der Waals surface area contributed by atoms with E-state index in [1.165, 1.54) is 6.20 Å². The highest BCUT2D eigenvalue weighted by Crippen LogP contribution is 2.25. The number of anilines is 2. The summed E-state index contributed by atoms with van der Waals surface area (Å²) in [5, 5.41) is 6.15. The highest BCUT2D eigenvalue weighted by atomic mass is 16.4. The summed E-state index contributed by atoms with van der Waals surface area (Å²) in [6.07, 6.45) is 4.80. The lowest BCUT2D eigenvalue weighted by atomic mass is 10.2. The molecule has 0 unspecified atom stereocenters. The van der Waals surface area contributed by atoms with Gasteiger partial charge in [0.25, 0.3) is 5.91 Å². The first-order valence-electron chi connectivity index (χ1n) is 6.87. The average Bonchev–Trinajstić information content (AvgIpc) is 2.95. The molecule has 2 aromatic heterocycles. The molecule has 0 aliphatic carbocycles. The van der Waals surface area contributed by atoms with Gasteiger partial charge < -0.3 is 20.0 Å². The average molecular weight is 287 g/mol. The van der Waals surface area contributed by atoms with E-state index in [9.17, 15) is 4.79 Å². The first-order chi connectivity index (χ1) is 10.2. The zero-order chi connectivity index (χ0) is 14.7. The lowest BCUT2D eigenvalue weighted by molar-refractivity contribution is 0.0995. The van der Waals surface area contributed by atoms with E-state index in [0.717, 1.165) is 31.9 Å². The number of nitrogens with zero attached hydrogens (tertiary/aromatic N) is 3. The van der Waals surface area contributed by atoms with E-state index >= 15 is 0 Å². The first-order valence-corrected chi connectivity index (χ1v) is 6.87. The van der Waals surface area contributed by atoms with E-state index in [2.05, 4.69) is 25.5 Å². The van der Waals surface area contributed by atoms with Gasteiger partial charge in [-0.2, -0.15) is 0 Å². The number of carbonyl (C=O) groups is 1. The van der Waals surface area contributed by atoms with Crippen LogP contribution in [0.5, 0.6) is 0 Å². The molecule has 7 nitrogen and oxygen atoms in total. The molecule has 1 fully saturated rings. The minimum atomic E-state index is -0.319. The maximum atomic E-state index is 12.2. The van der Waals surface area contributed by atoms with Crippen molar-refractivity contribution >= 4 is 17.3 Å².